The molecule has 0 heterocycles. The smallest absolute Gasteiger partial charge is 0.264 e. The van der Waals surface area contributed by atoms with Crippen molar-refractivity contribution in [3.05, 3.63) is 88.4 Å². The molecule has 4 rings (SSSR count). The third kappa shape index (κ3) is 8.17. The van der Waals surface area contributed by atoms with E-state index in [9.17, 15) is 18.0 Å². The van der Waals surface area contributed by atoms with Crippen molar-refractivity contribution in [1.82, 2.24) is 10.2 Å². The Morgan fingerprint density at radius 2 is 1.67 bits per heavy atom. The zero-order chi connectivity index (χ0) is 30.3. The third-order valence-corrected chi connectivity index (χ3v) is 10.6. The minimum Gasteiger partial charge on any atom is -0.352 e. The molecular weight excluding hydrogens is 634 g/mol. The van der Waals surface area contributed by atoms with Crippen LogP contribution in [0.3, 0.4) is 0 Å². The number of hydrogen-bond donors (Lipinski definition) is 1. The summed E-state index contributed by atoms with van der Waals surface area (Å²) in [5.41, 5.74) is 2.17. The van der Waals surface area contributed by atoms with Crippen molar-refractivity contribution in [2.45, 2.75) is 74.4 Å². The number of nitrogens with zero attached hydrogens (tertiary/aromatic N) is 2. The summed E-state index contributed by atoms with van der Waals surface area (Å²) in [6, 6.07) is 20.5. The van der Waals surface area contributed by atoms with Gasteiger partial charge in [0.1, 0.15) is 12.6 Å². The number of sulfonamides is 1. The highest BCUT2D eigenvalue weighted by molar-refractivity contribution is 9.10. The maximum atomic E-state index is 14.1. The minimum absolute atomic E-state index is 0.0882. The van der Waals surface area contributed by atoms with Gasteiger partial charge in [-0.3, -0.25) is 13.9 Å². The molecule has 0 spiro atoms. The van der Waals surface area contributed by atoms with Crippen LogP contribution in [0.4, 0.5) is 5.69 Å². The number of carbonyl (C=O) groups excluding carboxylic acids is 2. The molecule has 1 saturated carbocycles. The van der Waals surface area contributed by atoms with Crippen LogP contribution in [-0.4, -0.2) is 50.0 Å². The van der Waals surface area contributed by atoms with Gasteiger partial charge in [0.05, 0.1) is 10.6 Å². The lowest BCUT2D eigenvalue weighted by Crippen LogP contribution is -2.53. The molecule has 0 aromatic heterocycles. The normalized spacial score (nSPS) is 14.7. The SMILES string of the molecule is CSc1ccc(S(=O)(=O)N(CC(=O)N(Cc2cccc(Br)c2)[C@@H](C)C(=O)NC2CCCCC2)c2ccc(C)cc2)cc1. The van der Waals surface area contributed by atoms with Crippen LogP contribution >= 0.6 is 27.7 Å². The van der Waals surface area contributed by atoms with Gasteiger partial charge in [0.2, 0.25) is 11.8 Å². The van der Waals surface area contributed by atoms with Gasteiger partial charge in [-0.2, -0.15) is 0 Å². The molecule has 1 fully saturated rings. The highest BCUT2D eigenvalue weighted by atomic mass is 79.9. The number of halogens is 1. The minimum atomic E-state index is -4.10. The van der Waals surface area contributed by atoms with E-state index in [1.54, 1.807) is 43.3 Å². The summed E-state index contributed by atoms with van der Waals surface area (Å²) < 4.78 is 30.0. The summed E-state index contributed by atoms with van der Waals surface area (Å²) in [6.07, 6.45) is 7.08. The van der Waals surface area contributed by atoms with E-state index in [0.29, 0.717) is 5.69 Å². The Hall–Kier alpha value is -2.82. The lowest BCUT2D eigenvalue weighted by Gasteiger charge is -2.33. The molecule has 0 unspecified atom stereocenters. The fourth-order valence-electron chi connectivity index (χ4n) is 5.10. The summed E-state index contributed by atoms with van der Waals surface area (Å²) in [5, 5.41) is 3.13. The molecule has 1 aliphatic rings. The Kier molecular flexibility index (Phi) is 11.1. The van der Waals surface area contributed by atoms with Crippen molar-refractivity contribution < 1.29 is 18.0 Å². The van der Waals surface area contributed by atoms with Crippen LogP contribution in [0.15, 0.2) is 87.1 Å². The van der Waals surface area contributed by atoms with Gasteiger partial charge in [-0.1, -0.05) is 65.0 Å². The van der Waals surface area contributed by atoms with E-state index in [4.69, 9.17) is 0 Å². The van der Waals surface area contributed by atoms with Crippen LogP contribution in [-0.2, 0) is 26.2 Å². The van der Waals surface area contributed by atoms with E-state index in [-0.39, 0.29) is 23.4 Å². The first-order valence-corrected chi connectivity index (χ1v) is 17.6. The fraction of sp³-hybridized carbons (Fsp3) is 0.375. The second-order valence-corrected chi connectivity index (χ2v) is 14.4. The first kappa shape index (κ1) is 32.1. The zero-order valence-electron chi connectivity index (χ0n) is 24.3. The van der Waals surface area contributed by atoms with Crippen molar-refractivity contribution >= 4 is 55.2 Å². The second kappa shape index (κ2) is 14.6. The van der Waals surface area contributed by atoms with Gasteiger partial charge in [-0.05, 0) is 87.0 Å². The molecule has 42 heavy (non-hydrogen) atoms. The zero-order valence-corrected chi connectivity index (χ0v) is 27.5. The monoisotopic (exact) mass is 671 g/mol. The number of amides is 2. The van der Waals surface area contributed by atoms with Gasteiger partial charge in [-0.25, -0.2) is 8.42 Å². The molecule has 1 aliphatic carbocycles. The van der Waals surface area contributed by atoms with Gasteiger partial charge < -0.3 is 10.2 Å². The molecule has 3 aromatic rings. The lowest BCUT2D eigenvalue weighted by molar-refractivity contribution is -0.139. The number of rotatable bonds is 11. The number of hydrogen-bond acceptors (Lipinski definition) is 5. The van der Waals surface area contributed by atoms with E-state index < -0.39 is 28.5 Å². The summed E-state index contributed by atoms with van der Waals surface area (Å²) in [7, 11) is -4.10. The highest BCUT2D eigenvalue weighted by Crippen LogP contribution is 2.27. The molecule has 2 amide bonds. The number of nitrogens with one attached hydrogen (secondary N) is 1. The Morgan fingerprint density at radius 3 is 2.29 bits per heavy atom. The maximum Gasteiger partial charge on any atom is 0.264 e. The van der Waals surface area contributed by atoms with Gasteiger partial charge in [-0.15, -0.1) is 11.8 Å². The van der Waals surface area contributed by atoms with Crippen molar-refractivity contribution in [2.75, 3.05) is 17.1 Å². The summed E-state index contributed by atoms with van der Waals surface area (Å²) in [6.45, 7) is 3.33. The van der Waals surface area contributed by atoms with Gasteiger partial charge >= 0.3 is 0 Å². The molecule has 224 valence electrons. The molecule has 10 heteroatoms. The standard InChI is InChI=1S/C32H38BrN3O4S2/c1-23-12-14-28(15-13-23)36(42(39,40)30-18-16-29(41-3)17-19-30)22-31(37)35(21-25-8-7-9-26(33)20-25)24(2)32(38)34-27-10-5-4-6-11-27/h7-9,12-20,24,27H,4-6,10-11,21-22H2,1-3H3,(H,34,38)/t24-/m0/s1. The van der Waals surface area contributed by atoms with Crippen LogP contribution < -0.4 is 9.62 Å². The predicted molar refractivity (Wildman–Crippen MR) is 173 cm³/mol. The number of benzene rings is 3. The largest absolute Gasteiger partial charge is 0.352 e. The van der Waals surface area contributed by atoms with Crippen molar-refractivity contribution in [1.29, 1.82) is 0 Å². The Balaban J connectivity index is 1.67. The van der Waals surface area contributed by atoms with Crippen molar-refractivity contribution in [2.24, 2.45) is 0 Å². The summed E-state index contributed by atoms with van der Waals surface area (Å²) in [5.74, 6) is -0.700. The fourth-order valence-corrected chi connectivity index (χ4v) is 7.37. The van der Waals surface area contributed by atoms with E-state index >= 15 is 0 Å². The topological polar surface area (TPSA) is 86.8 Å². The quantitative estimate of drug-likeness (QED) is 0.234. The van der Waals surface area contributed by atoms with E-state index in [0.717, 1.165) is 50.5 Å². The van der Waals surface area contributed by atoms with Gasteiger partial charge in [0, 0.05) is 22.0 Å². The van der Waals surface area contributed by atoms with Gasteiger partial charge in [0.25, 0.3) is 10.0 Å². The molecular formula is C32H38BrN3O4S2. The van der Waals surface area contributed by atoms with Crippen molar-refractivity contribution in [3.8, 4) is 0 Å². The number of anilines is 1. The van der Waals surface area contributed by atoms with Crippen LogP contribution in [0.2, 0.25) is 0 Å². The van der Waals surface area contributed by atoms with E-state index in [1.807, 2.05) is 49.6 Å². The van der Waals surface area contributed by atoms with Crippen LogP contribution in [0.25, 0.3) is 0 Å². The molecule has 7 nitrogen and oxygen atoms in total. The van der Waals surface area contributed by atoms with Crippen LogP contribution in [0, 0.1) is 6.92 Å². The molecule has 0 aliphatic heterocycles. The lowest BCUT2D eigenvalue weighted by atomic mass is 9.95. The van der Waals surface area contributed by atoms with Gasteiger partial charge in [0.15, 0.2) is 0 Å². The molecule has 0 radical (unpaired) electrons. The Labute approximate surface area is 262 Å². The predicted octanol–water partition coefficient (Wildman–Crippen LogP) is 6.54. The second-order valence-electron chi connectivity index (χ2n) is 10.7. The van der Waals surface area contributed by atoms with E-state index in [2.05, 4.69) is 21.2 Å². The van der Waals surface area contributed by atoms with E-state index in [1.165, 1.54) is 23.1 Å². The van der Waals surface area contributed by atoms with Crippen LogP contribution in [0.1, 0.15) is 50.2 Å². The summed E-state index contributed by atoms with van der Waals surface area (Å²) in [4.78, 5) is 30.1. The number of thioether (sulfide) groups is 1. The number of carbonyl (C=O) groups is 2. The maximum absolute atomic E-state index is 14.1. The molecule has 1 N–H and O–H groups in total. The number of aryl methyl sites for hydroxylation is 1. The molecule has 0 saturated heterocycles. The van der Waals surface area contributed by atoms with Crippen molar-refractivity contribution in [3.63, 3.8) is 0 Å². The summed E-state index contributed by atoms with van der Waals surface area (Å²) >= 11 is 5.01. The average molecular weight is 673 g/mol. The third-order valence-electron chi connectivity index (χ3n) is 7.61. The molecule has 3 aromatic carbocycles. The first-order valence-electron chi connectivity index (χ1n) is 14.2. The first-order chi connectivity index (χ1) is 20.1. The average Bonchev–Trinajstić information content (AvgIpc) is 2.99. The Morgan fingerprint density at radius 1 is 1.00 bits per heavy atom. The molecule has 1 atom stereocenters. The molecule has 0 bridgehead atoms. The Bertz CT molecular complexity index is 1470. The van der Waals surface area contributed by atoms with Crippen LogP contribution in [0.5, 0.6) is 0 Å². The highest BCUT2D eigenvalue weighted by Gasteiger charge is 2.33.